The molecule has 0 spiro atoms. The first-order valence-corrected chi connectivity index (χ1v) is 51.8. The molecule has 0 heterocycles. The van der Waals surface area contributed by atoms with E-state index in [-0.39, 0.29) is 0 Å². The van der Waals surface area contributed by atoms with Gasteiger partial charge >= 0.3 is 0 Å². The number of benzene rings is 24. The summed E-state index contributed by atoms with van der Waals surface area (Å²) in [6.07, 6.45) is 0. The number of hydrogen-bond acceptors (Lipinski definition) is 0. The summed E-state index contributed by atoms with van der Waals surface area (Å²) in [4.78, 5) is 0. The van der Waals surface area contributed by atoms with Gasteiger partial charge < -0.3 is 0 Å². The van der Waals surface area contributed by atoms with Gasteiger partial charge in [-0.1, -0.05) is 581 Å². The van der Waals surface area contributed by atoms with Crippen molar-refractivity contribution in [2.24, 2.45) is 0 Å². The average molecular weight is 1920 g/mol. The highest BCUT2D eigenvalue weighted by molar-refractivity contribution is 5.94. The lowest BCUT2D eigenvalue weighted by Gasteiger charge is -2.16. The summed E-state index contributed by atoms with van der Waals surface area (Å²) in [5.41, 5.74) is 53.1. The minimum atomic E-state index is 1.24. The molecule has 0 saturated heterocycles. The van der Waals surface area contributed by atoms with Crippen LogP contribution in [0.25, 0.3) is 200 Å². The topological polar surface area (TPSA) is 0 Å². The maximum absolute atomic E-state index is 2.34. The predicted molar refractivity (Wildman–Crippen MR) is 645 cm³/mol. The molecule has 0 radical (unpaired) electrons. The third kappa shape index (κ3) is 25.4. The molecule has 0 heteroatoms. The van der Waals surface area contributed by atoms with Crippen molar-refractivity contribution in [2.45, 2.75) is 41.5 Å². The van der Waals surface area contributed by atoms with E-state index in [0.29, 0.717) is 0 Å². The summed E-state index contributed by atoms with van der Waals surface area (Å²) in [6.45, 7) is 13.0. The van der Waals surface area contributed by atoms with Crippen molar-refractivity contribution in [1.82, 2.24) is 0 Å². The maximum Gasteiger partial charge on any atom is -0.00990 e. The molecule has 24 rings (SSSR count). The van der Waals surface area contributed by atoms with Gasteiger partial charge in [-0.05, 0) is 313 Å². The molecule has 0 aliphatic rings. The van der Waals surface area contributed by atoms with Crippen LogP contribution in [-0.2, 0) is 0 Å². The molecule has 24 aromatic carbocycles. The quantitative estimate of drug-likeness (QED) is 0.0803. The summed E-state index contributed by atoms with van der Waals surface area (Å²) in [7, 11) is 0. The first-order chi connectivity index (χ1) is 73.9. The summed E-state index contributed by atoms with van der Waals surface area (Å²) >= 11 is 0. The molecule has 0 aromatic heterocycles. The van der Waals surface area contributed by atoms with E-state index >= 15 is 0 Å². The Balaban J connectivity index is 0.000000113. The van der Waals surface area contributed by atoms with Gasteiger partial charge in [0, 0.05) is 0 Å². The van der Waals surface area contributed by atoms with E-state index in [1.807, 2.05) is 0 Å². The Bertz CT molecular complexity index is 8320. The maximum atomic E-state index is 2.34. The molecule has 0 nitrogen and oxygen atoms in total. The molecule has 0 unspecified atom stereocenters. The van der Waals surface area contributed by atoms with Crippen LogP contribution in [0.3, 0.4) is 0 Å². The van der Waals surface area contributed by atoms with Gasteiger partial charge in [-0.15, -0.1) is 0 Å². The highest BCUT2D eigenvalue weighted by Crippen LogP contribution is 2.45. The first-order valence-electron chi connectivity index (χ1n) is 51.8. The minimum Gasteiger partial charge on any atom is -0.0622 e. The molecule has 0 aliphatic carbocycles. The normalized spacial score (nSPS) is 10.6. The third-order valence-electron chi connectivity index (χ3n) is 27.6. The van der Waals surface area contributed by atoms with E-state index in [9.17, 15) is 0 Å². The smallest absolute Gasteiger partial charge is 0.00990 e. The van der Waals surface area contributed by atoms with Gasteiger partial charge in [-0.3, -0.25) is 0 Å². The highest BCUT2D eigenvalue weighted by atomic mass is 14.2. The zero-order chi connectivity index (χ0) is 102. The lowest BCUT2D eigenvalue weighted by molar-refractivity contribution is 1.44. The van der Waals surface area contributed by atoms with Crippen LogP contribution >= 0.6 is 0 Å². The first kappa shape index (κ1) is 100.0. The van der Waals surface area contributed by atoms with E-state index in [2.05, 4.69) is 660 Å². The fourth-order valence-corrected chi connectivity index (χ4v) is 19.6. The van der Waals surface area contributed by atoms with Gasteiger partial charge in [0.25, 0.3) is 0 Å². The van der Waals surface area contributed by atoms with Crippen LogP contribution in [0.4, 0.5) is 0 Å². The second kappa shape index (κ2) is 49.7. The molecule has 0 aliphatic heterocycles. The summed E-state index contributed by atoms with van der Waals surface area (Å²) < 4.78 is 0. The zero-order valence-electron chi connectivity index (χ0n) is 85.9. The minimum absolute atomic E-state index is 1.24. The van der Waals surface area contributed by atoms with Crippen molar-refractivity contribution >= 4 is 0 Å². The lowest BCUT2D eigenvalue weighted by Crippen LogP contribution is -1.91. The van der Waals surface area contributed by atoms with Crippen molar-refractivity contribution < 1.29 is 0 Å². The molecule has 0 bridgehead atoms. The molecular formula is C150H120. The van der Waals surface area contributed by atoms with Gasteiger partial charge in [0.1, 0.15) is 0 Å². The summed E-state index contributed by atoms with van der Waals surface area (Å²) in [5, 5.41) is 0. The lowest BCUT2D eigenvalue weighted by atomic mass is 9.88. The molecular weight excluding hydrogens is 1800 g/mol. The van der Waals surface area contributed by atoms with Crippen LogP contribution in [0.2, 0.25) is 0 Å². The third-order valence-corrected chi connectivity index (χ3v) is 27.6. The Kier molecular flexibility index (Phi) is 33.1. The Morgan fingerprint density at radius 1 is 0.0800 bits per heavy atom. The fourth-order valence-electron chi connectivity index (χ4n) is 19.6. The Morgan fingerprint density at radius 2 is 0.260 bits per heavy atom. The molecule has 150 heavy (non-hydrogen) atoms. The van der Waals surface area contributed by atoms with Crippen LogP contribution in [0, 0.1) is 41.5 Å². The monoisotopic (exact) mass is 1920 g/mol. The summed E-state index contributed by atoms with van der Waals surface area (Å²) in [5.74, 6) is 0. The van der Waals surface area contributed by atoms with Gasteiger partial charge in [0.05, 0.1) is 0 Å². The van der Waals surface area contributed by atoms with Gasteiger partial charge in [-0.2, -0.15) is 0 Å². The molecule has 0 fully saturated rings. The number of rotatable bonds is 18. The van der Waals surface area contributed by atoms with Gasteiger partial charge in [-0.25, -0.2) is 0 Å². The summed E-state index contributed by atoms with van der Waals surface area (Å²) in [6, 6.07) is 220. The predicted octanol–water partition coefficient (Wildman–Crippen LogP) is 42.0. The highest BCUT2D eigenvalue weighted by Gasteiger charge is 2.19. The van der Waals surface area contributed by atoms with E-state index in [0.717, 1.165) is 0 Å². The number of aryl methyl sites for hydroxylation is 5. The Labute approximate surface area is 887 Å². The largest absolute Gasteiger partial charge is 0.0622 e. The van der Waals surface area contributed by atoms with E-state index in [1.54, 1.807) is 0 Å². The SMILES string of the molecule is Cc1c(-c2ccccc2)cc(-c2ccccc2)cc1-c1ccccc1.Cc1cc(-c2ccccc2)c(-c2ccccc2)cc1-c1ccccc1.Cc1ccc(-c2cc(-c3ccccc3)cc(-c3ccccc3)c2)cc1.Cc1ccc(-c2ccc(-c3ccccc3)c(-c3ccccc3)c2)cc1.Cc1ccc(-c2ccc(-c3ccccc3)cc2-c2ccccc2)cc1.Cc1ccccc1-c1cccc(-c2ccccc2-c2ccccc2)c1. The van der Waals surface area contributed by atoms with E-state index < -0.39 is 0 Å². The van der Waals surface area contributed by atoms with Crippen LogP contribution in [-0.4, -0.2) is 0 Å². The average Bonchev–Trinajstić information content (AvgIpc) is 0.787. The zero-order valence-corrected chi connectivity index (χ0v) is 85.9. The fraction of sp³-hybridized carbons (Fsp3) is 0.0400. The molecule has 0 atom stereocenters. The van der Waals surface area contributed by atoms with Crippen molar-refractivity contribution in [2.75, 3.05) is 0 Å². The molecule has 0 amide bonds. The molecule has 720 valence electrons. The van der Waals surface area contributed by atoms with Gasteiger partial charge in [0.2, 0.25) is 0 Å². The van der Waals surface area contributed by atoms with Crippen molar-refractivity contribution in [3.05, 3.63) is 652 Å². The standard InChI is InChI=1S/6C25H20/c1-19-24(21-13-7-3-8-14-21)17-23(20-11-5-2-6-12-20)18-25(19)22-15-9-4-10-16-22;1-19-17-24(21-13-7-3-8-14-21)25(22-15-9-4-10-16-22)18-23(19)20-11-5-2-6-12-20;1-19-12-14-22(15-13-19)25-17-23(20-8-4-2-5-9-20)16-24(18-25)21-10-6-3-7-11-21;1-19-12-14-20(15-13-19)23-16-17-24(21-8-4-2-5-9-21)25(18-23)22-10-6-3-7-11-22;1-19-12-14-22(15-13-19)24-17-16-23(20-8-4-2-5-9-20)18-25(24)21-10-6-3-7-11-21;1-19-10-5-6-15-23(19)21-13-9-14-22(18-21)25-17-8-7-16-24(25)20-11-3-2-4-12-20/h6*2-18H,1H3. The van der Waals surface area contributed by atoms with Gasteiger partial charge in [0.15, 0.2) is 0 Å². The second-order valence-electron chi connectivity index (χ2n) is 38.0. The van der Waals surface area contributed by atoms with E-state index in [1.165, 1.54) is 234 Å². The number of hydrogen-bond donors (Lipinski definition) is 0. The van der Waals surface area contributed by atoms with Crippen molar-refractivity contribution in [3.8, 4) is 200 Å². The van der Waals surface area contributed by atoms with Crippen molar-refractivity contribution in [3.63, 3.8) is 0 Å². The van der Waals surface area contributed by atoms with Crippen LogP contribution < -0.4 is 0 Å². The Morgan fingerprint density at radius 3 is 0.580 bits per heavy atom. The molecule has 0 saturated carbocycles. The van der Waals surface area contributed by atoms with Crippen molar-refractivity contribution in [1.29, 1.82) is 0 Å². The van der Waals surface area contributed by atoms with E-state index in [4.69, 9.17) is 0 Å². The Hall–Kier alpha value is -18.7. The molecule has 0 N–H and O–H groups in total. The molecule has 24 aromatic rings. The van der Waals surface area contributed by atoms with Crippen LogP contribution in [0.1, 0.15) is 33.4 Å². The second-order valence-corrected chi connectivity index (χ2v) is 38.0. The van der Waals surface area contributed by atoms with Crippen LogP contribution in [0.15, 0.2) is 619 Å². The van der Waals surface area contributed by atoms with Crippen LogP contribution in [0.5, 0.6) is 0 Å².